The minimum Gasteiger partial charge on any atom is -0.507 e. The maximum absolute atomic E-state index is 12.4. The molecule has 0 bridgehead atoms. The van der Waals surface area contributed by atoms with Crippen molar-refractivity contribution in [3.05, 3.63) is 47.5 Å². The zero-order valence-electron chi connectivity index (χ0n) is 10.6. The van der Waals surface area contributed by atoms with Gasteiger partial charge in [-0.15, -0.1) is 0 Å². The van der Waals surface area contributed by atoms with Crippen molar-refractivity contribution in [2.75, 3.05) is 0 Å². The topological polar surface area (TPSA) is 74.6 Å². The molecule has 0 amide bonds. The van der Waals surface area contributed by atoms with Gasteiger partial charge in [-0.25, -0.2) is 8.42 Å². The molecular weight excluding hydrogens is 264 g/mol. The van der Waals surface area contributed by atoms with Crippen molar-refractivity contribution in [3.8, 4) is 11.5 Å². The third-order valence-electron chi connectivity index (χ3n) is 3.11. The highest BCUT2D eigenvalue weighted by Crippen LogP contribution is 2.35. The van der Waals surface area contributed by atoms with Crippen molar-refractivity contribution in [1.29, 1.82) is 0 Å². The molecule has 0 heterocycles. The Labute approximate surface area is 111 Å². The van der Waals surface area contributed by atoms with Crippen LogP contribution in [0.3, 0.4) is 0 Å². The smallest absolute Gasteiger partial charge is 0.213 e. The van der Waals surface area contributed by atoms with E-state index in [0.29, 0.717) is 5.56 Å². The van der Waals surface area contributed by atoms with E-state index in [-0.39, 0.29) is 21.3 Å². The fraction of sp³-hybridized carbons (Fsp3) is 0.143. The highest BCUT2D eigenvalue weighted by molar-refractivity contribution is 7.91. The molecule has 4 nitrogen and oxygen atoms in total. The summed E-state index contributed by atoms with van der Waals surface area (Å²) in [5, 5.41) is 19.7. The molecule has 0 saturated carbocycles. The van der Waals surface area contributed by atoms with Crippen molar-refractivity contribution in [2.24, 2.45) is 0 Å². The predicted octanol–water partition coefficient (Wildman–Crippen LogP) is 2.55. The Morgan fingerprint density at radius 2 is 1.53 bits per heavy atom. The second kappa shape index (κ2) is 4.59. The fourth-order valence-electron chi connectivity index (χ4n) is 1.80. The Hall–Kier alpha value is -2.01. The van der Waals surface area contributed by atoms with E-state index < -0.39 is 9.84 Å². The first-order valence-corrected chi connectivity index (χ1v) is 7.16. The maximum Gasteiger partial charge on any atom is 0.213 e. The van der Waals surface area contributed by atoms with Crippen LogP contribution in [-0.2, 0) is 9.84 Å². The summed E-state index contributed by atoms with van der Waals surface area (Å²) in [5.41, 5.74) is 1.31. The summed E-state index contributed by atoms with van der Waals surface area (Å²) in [5.74, 6) is -0.608. The summed E-state index contributed by atoms with van der Waals surface area (Å²) in [6.45, 7) is 3.43. The number of rotatable bonds is 2. The van der Waals surface area contributed by atoms with Gasteiger partial charge >= 0.3 is 0 Å². The van der Waals surface area contributed by atoms with Crippen LogP contribution < -0.4 is 0 Å². The summed E-state index contributed by atoms with van der Waals surface area (Å²) in [4.78, 5) is -0.411. The molecular formula is C14H14O4S. The molecule has 19 heavy (non-hydrogen) atoms. The number of hydrogen-bond donors (Lipinski definition) is 2. The summed E-state index contributed by atoms with van der Waals surface area (Å²) in [6.07, 6.45) is 0. The molecule has 2 aromatic rings. The van der Waals surface area contributed by atoms with Crippen LogP contribution in [0.2, 0.25) is 0 Å². The third-order valence-corrected chi connectivity index (χ3v) is 4.94. The Morgan fingerprint density at radius 1 is 0.895 bits per heavy atom. The van der Waals surface area contributed by atoms with Crippen LogP contribution in [0.5, 0.6) is 11.5 Å². The lowest BCUT2D eigenvalue weighted by molar-refractivity contribution is 0.450. The van der Waals surface area contributed by atoms with Crippen LogP contribution >= 0.6 is 0 Å². The average molecular weight is 278 g/mol. The zero-order chi connectivity index (χ0) is 14.2. The van der Waals surface area contributed by atoms with Gasteiger partial charge in [-0.2, -0.15) is 0 Å². The SMILES string of the molecule is Cc1ccc(S(=O)(=O)c2ccccc2O)c(O)c1C. The number of hydrogen-bond acceptors (Lipinski definition) is 4. The van der Waals surface area contributed by atoms with Gasteiger partial charge < -0.3 is 10.2 Å². The Bertz CT molecular complexity index is 733. The summed E-state index contributed by atoms with van der Waals surface area (Å²) >= 11 is 0. The summed E-state index contributed by atoms with van der Waals surface area (Å²) < 4.78 is 24.8. The van der Waals surface area contributed by atoms with E-state index in [4.69, 9.17) is 0 Å². The molecule has 2 N–H and O–H groups in total. The van der Waals surface area contributed by atoms with E-state index in [1.807, 2.05) is 0 Å². The first-order chi connectivity index (χ1) is 8.85. The molecule has 0 fully saturated rings. The second-order valence-corrected chi connectivity index (χ2v) is 6.21. The number of phenols is 2. The van der Waals surface area contributed by atoms with E-state index in [1.165, 1.54) is 30.3 Å². The number of para-hydroxylation sites is 1. The first-order valence-electron chi connectivity index (χ1n) is 5.68. The van der Waals surface area contributed by atoms with E-state index in [0.717, 1.165) is 5.56 Å². The lowest BCUT2D eigenvalue weighted by Crippen LogP contribution is -2.04. The molecule has 100 valence electrons. The van der Waals surface area contributed by atoms with Crippen molar-refractivity contribution < 1.29 is 18.6 Å². The molecule has 0 aliphatic heterocycles. The van der Waals surface area contributed by atoms with Gasteiger partial charge in [0.2, 0.25) is 9.84 Å². The number of phenolic OH excluding ortho intramolecular Hbond substituents is 2. The van der Waals surface area contributed by atoms with E-state index >= 15 is 0 Å². The van der Waals surface area contributed by atoms with Crippen LogP contribution in [0.1, 0.15) is 11.1 Å². The summed E-state index contributed by atoms with van der Waals surface area (Å²) in [6, 6.07) is 8.63. The second-order valence-electron chi connectivity index (χ2n) is 4.33. The monoisotopic (exact) mass is 278 g/mol. The predicted molar refractivity (Wildman–Crippen MR) is 71.1 cm³/mol. The van der Waals surface area contributed by atoms with Gasteiger partial charge in [0.15, 0.2) is 0 Å². The van der Waals surface area contributed by atoms with Gasteiger partial charge in [0.25, 0.3) is 0 Å². The van der Waals surface area contributed by atoms with Crippen molar-refractivity contribution in [2.45, 2.75) is 23.6 Å². The highest BCUT2D eigenvalue weighted by atomic mass is 32.2. The summed E-state index contributed by atoms with van der Waals surface area (Å²) in [7, 11) is -3.94. The number of aromatic hydroxyl groups is 2. The standard InChI is InChI=1S/C14H14O4S/c1-9-7-8-13(14(16)10(9)2)19(17,18)12-6-4-3-5-11(12)15/h3-8,15-16H,1-2H3. The van der Waals surface area contributed by atoms with Crippen LogP contribution in [0.15, 0.2) is 46.2 Å². The van der Waals surface area contributed by atoms with Gasteiger partial charge in [-0.05, 0) is 43.2 Å². The Morgan fingerprint density at radius 3 is 2.16 bits per heavy atom. The van der Waals surface area contributed by atoms with Gasteiger partial charge in [-0.1, -0.05) is 18.2 Å². The minimum absolute atomic E-state index is 0.197. The van der Waals surface area contributed by atoms with Crippen LogP contribution in [-0.4, -0.2) is 18.6 Å². The lowest BCUT2D eigenvalue weighted by atomic mass is 10.1. The number of aryl methyl sites for hydroxylation is 1. The Balaban J connectivity index is 2.72. The van der Waals surface area contributed by atoms with Crippen LogP contribution in [0.25, 0.3) is 0 Å². The molecule has 5 heteroatoms. The molecule has 0 aliphatic carbocycles. The minimum atomic E-state index is -3.94. The van der Waals surface area contributed by atoms with Crippen molar-refractivity contribution >= 4 is 9.84 Å². The molecule has 2 rings (SSSR count). The van der Waals surface area contributed by atoms with Gasteiger partial charge in [0.1, 0.15) is 21.3 Å². The first kappa shape index (κ1) is 13.4. The molecule has 0 aliphatic rings. The third kappa shape index (κ3) is 2.17. The number of benzene rings is 2. The molecule has 0 saturated heterocycles. The average Bonchev–Trinajstić information content (AvgIpc) is 2.36. The van der Waals surface area contributed by atoms with Crippen LogP contribution in [0, 0.1) is 13.8 Å². The molecule has 0 atom stereocenters. The van der Waals surface area contributed by atoms with Crippen LogP contribution in [0.4, 0.5) is 0 Å². The molecule has 0 unspecified atom stereocenters. The van der Waals surface area contributed by atoms with Crippen molar-refractivity contribution in [1.82, 2.24) is 0 Å². The number of sulfone groups is 1. The van der Waals surface area contributed by atoms with E-state index in [1.54, 1.807) is 19.9 Å². The maximum atomic E-state index is 12.4. The van der Waals surface area contributed by atoms with Crippen molar-refractivity contribution in [3.63, 3.8) is 0 Å². The quantitative estimate of drug-likeness (QED) is 0.885. The normalized spacial score (nSPS) is 11.5. The Kier molecular flexibility index (Phi) is 3.24. The van der Waals surface area contributed by atoms with E-state index in [9.17, 15) is 18.6 Å². The molecule has 2 aromatic carbocycles. The van der Waals surface area contributed by atoms with Gasteiger partial charge in [-0.3, -0.25) is 0 Å². The molecule has 0 spiro atoms. The van der Waals surface area contributed by atoms with Gasteiger partial charge in [0, 0.05) is 0 Å². The lowest BCUT2D eigenvalue weighted by Gasteiger charge is -2.11. The fourth-order valence-corrected chi connectivity index (χ4v) is 3.29. The van der Waals surface area contributed by atoms with Gasteiger partial charge in [0.05, 0.1) is 0 Å². The highest BCUT2D eigenvalue weighted by Gasteiger charge is 2.25. The molecule has 0 aromatic heterocycles. The zero-order valence-corrected chi connectivity index (χ0v) is 11.4. The van der Waals surface area contributed by atoms with E-state index in [2.05, 4.69) is 0 Å². The molecule has 0 radical (unpaired) electrons. The largest absolute Gasteiger partial charge is 0.507 e.